The average molecular weight is 381 g/mol. The zero-order valence-electron chi connectivity index (χ0n) is 15.9. The largest absolute Gasteiger partial charge is 0.367 e. The number of benzene rings is 1. The maximum absolute atomic E-state index is 12.8. The number of hydrogen-bond acceptors (Lipinski definition) is 5. The predicted octanol–water partition coefficient (Wildman–Crippen LogP) is 0.408. The van der Waals surface area contributed by atoms with E-state index in [9.17, 15) is 14.4 Å². The molecule has 4 rings (SSSR count). The number of carbonyl (C=O) groups is 2. The first-order valence-corrected chi connectivity index (χ1v) is 9.47. The molecule has 0 spiro atoms. The van der Waals surface area contributed by atoms with Gasteiger partial charge >= 0.3 is 0 Å². The van der Waals surface area contributed by atoms with Gasteiger partial charge in [0, 0.05) is 51.4 Å². The van der Waals surface area contributed by atoms with Crippen molar-refractivity contribution in [2.75, 3.05) is 42.5 Å². The zero-order chi connectivity index (χ0) is 19.7. The van der Waals surface area contributed by atoms with Crippen LogP contribution in [0.25, 0.3) is 0 Å². The van der Waals surface area contributed by atoms with Crippen molar-refractivity contribution < 1.29 is 9.59 Å². The van der Waals surface area contributed by atoms with E-state index < -0.39 is 0 Å². The van der Waals surface area contributed by atoms with Gasteiger partial charge in [0.2, 0.25) is 11.8 Å². The topological polar surface area (TPSA) is 78.8 Å². The van der Waals surface area contributed by atoms with E-state index in [1.807, 2.05) is 24.3 Å². The normalized spacial score (nSPS) is 16.9. The van der Waals surface area contributed by atoms with Crippen molar-refractivity contribution in [1.29, 1.82) is 0 Å². The van der Waals surface area contributed by atoms with E-state index in [0.29, 0.717) is 32.6 Å². The quantitative estimate of drug-likeness (QED) is 0.770. The number of carbonyl (C=O) groups excluding carboxylic acids is 2. The lowest BCUT2D eigenvalue weighted by atomic mass is 10.0. The van der Waals surface area contributed by atoms with Crippen molar-refractivity contribution in [2.24, 2.45) is 7.05 Å². The van der Waals surface area contributed by atoms with E-state index in [4.69, 9.17) is 0 Å². The summed E-state index contributed by atoms with van der Waals surface area (Å²) in [5.41, 5.74) is 2.57. The number of aryl methyl sites for hydroxylation is 2. The minimum absolute atomic E-state index is 0.00288. The molecular formula is C20H23N5O3. The molecule has 0 radical (unpaired) electrons. The number of piperazine rings is 1. The number of aromatic nitrogens is 2. The van der Waals surface area contributed by atoms with Gasteiger partial charge in [-0.05, 0) is 18.1 Å². The highest BCUT2D eigenvalue weighted by Gasteiger charge is 2.29. The molecule has 0 bridgehead atoms. The van der Waals surface area contributed by atoms with Crippen molar-refractivity contribution >= 4 is 23.2 Å². The third-order valence-electron chi connectivity index (χ3n) is 5.44. The maximum Gasteiger partial charge on any atom is 0.268 e. The minimum atomic E-state index is -0.154. The van der Waals surface area contributed by atoms with Crippen LogP contribution in [-0.2, 0) is 23.1 Å². The third-order valence-corrected chi connectivity index (χ3v) is 5.44. The molecule has 1 fully saturated rings. The highest BCUT2D eigenvalue weighted by atomic mass is 16.2. The molecule has 2 aliphatic heterocycles. The van der Waals surface area contributed by atoms with Crippen molar-refractivity contribution in [3.05, 3.63) is 52.4 Å². The van der Waals surface area contributed by atoms with Crippen LogP contribution in [0.4, 0.5) is 11.4 Å². The molecule has 2 aliphatic rings. The first kappa shape index (κ1) is 18.2. The lowest BCUT2D eigenvalue weighted by molar-refractivity contribution is -0.131. The summed E-state index contributed by atoms with van der Waals surface area (Å²) in [6, 6.07) is 9.33. The predicted molar refractivity (Wildman–Crippen MR) is 105 cm³/mol. The van der Waals surface area contributed by atoms with Crippen molar-refractivity contribution in [3.63, 3.8) is 0 Å². The van der Waals surface area contributed by atoms with Gasteiger partial charge in [0.05, 0.1) is 11.9 Å². The molecule has 8 heteroatoms. The van der Waals surface area contributed by atoms with Crippen LogP contribution in [0.1, 0.15) is 12.0 Å². The molecule has 0 atom stereocenters. The van der Waals surface area contributed by atoms with Gasteiger partial charge < -0.3 is 14.7 Å². The van der Waals surface area contributed by atoms with Crippen molar-refractivity contribution in [2.45, 2.75) is 12.8 Å². The second-order valence-electron chi connectivity index (χ2n) is 7.15. The van der Waals surface area contributed by atoms with Crippen LogP contribution in [0.15, 0.2) is 41.3 Å². The monoisotopic (exact) mass is 381 g/mol. The lowest BCUT2D eigenvalue weighted by Gasteiger charge is -2.37. The first-order valence-electron chi connectivity index (χ1n) is 9.47. The smallest absolute Gasteiger partial charge is 0.268 e. The van der Waals surface area contributed by atoms with E-state index in [1.165, 1.54) is 4.68 Å². The highest BCUT2D eigenvalue weighted by Crippen LogP contribution is 2.27. The summed E-state index contributed by atoms with van der Waals surface area (Å²) in [5, 5.41) is 4.05. The summed E-state index contributed by atoms with van der Waals surface area (Å²) in [7, 11) is 1.61. The fourth-order valence-electron chi connectivity index (χ4n) is 3.75. The van der Waals surface area contributed by atoms with Gasteiger partial charge in [-0.15, -0.1) is 0 Å². The molecule has 0 saturated carbocycles. The van der Waals surface area contributed by atoms with E-state index in [1.54, 1.807) is 29.1 Å². The molecule has 1 aromatic carbocycles. The Labute approximate surface area is 163 Å². The van der Waals surface area contributed by atoms with Crippen LogP contribution >= 0.6 is 0 Å². The summed E-state index contributed by atoms with van der Waals surface area (Å²) < 4.78 is 1.29. The second-order valence-corrected chi connectivity index (χ2v) is 7.15. The van der Waals surface area contributed by atoms with Gasteiger partial charge in [0.15, 0.2) is 0 Å². The molecule has 1 saturated heterocycles. The van der Waals surface area contributed by atoms with Crippen LogP contribution in [0.5, 0.6) is 0 Å². The summed E-state index contributed by atoms with van der Waals surface area (Å²) in [6.45, 7) is 2.44. The lowest BCUT2D eigenvalue weighted by Crippen LogP contribution is -2.52. The minimum Gasteiger partial charge on any atom is -0.367 e. The van der Waals surface area contributed by atoms with Gasteiger partial charge in [0.25, 0.3) is 5.56 Å². The van der Waals surface area contributed by atoms with Crippen LogP contribution in [-0.4, -0.2) is 59.2 Å². The van der Waals surface area contributed by atoms with Crippen molar-refractivity contribution in [1.82, 2.24) is 14.7 Å². The Balaban J connectivity index is 1.40. The fraction of sp³-hybridized carbons (Fsp3) is 0.400. The zero-order valence-corrected chi connectivity index (χ0v) is 15.9. The number of nitrogens with zero attached hydrogens (tertiary/aromatic N) is 5. The fourth-order valence-corrected chi connectivity index (χ4v) is 3.75. The van der Waals surface area contributed by atoms with Gasteiger partial charge in [-0.2, -0.15) is 5.10 Å². The second kappa shape index (κ2) is 7.46. The number of hydrogen-bond donors (Lipinski definition) is 0. The highest BCUT2D eigenvalue weighted by molar-refractivity contribution is 6.01. The molecule has 28 heavy (non-hydrogen) atoms. The average Bonchev–Trinajstić information content (AvgIpc) is 2.72. The Hall–Kier alpha value is -3.16. The summed E-state index contributed by atoms with van der Waals surface area (Å²) in [5.74, 6) is -0.0521. The Kier molecular flexibility index (Phi) is 4.85. The Morgan fingerprint density at radius 1 is 1.07 bits per heavy atom. The number of para-hydroxylation sites is 1. The van der Waals surface area contributed by atoms with Gasteiger partial charge in [0.1, 0.15) is 6.54 Å². The van der Waals surface area contributed by atoms with E-state index >= 15 is 0 Å². The number of fused-ring (bicyclic) bond motifs is 1. The first-order chi connectivity index (χ1) is 13.5. The summed E-state index contributed by atoms with van der Waals surface area (Å²) in [4.78, 5) is 42.4. The molecular weight excluding hydrogens is 358 g/mol. The van der Waals surface area contributed by atoms with Crippen LogP contribution in [0, 0.1) is 0 Å². The van der Waals surface area contributed by atoms with Gasteiger partial charge in [-0.3, -0.25) is 14.4 Å². The van der Waals surface area contributed by atoms with E-state index in [0.717, 1.165) is 23.4 Å². The molecule has 2 amide bonds. The van der Waals surface area contributed by atoms with Crippen LogP contribution < -0.4 is 15.4 Å². The SMILES string of the molecule is Cn1ncc(N2CCN(C(=O)CN3C(=O)CCc4ccccc43)CC2)cc1=O. The molecule has 0 N–H and O–H groups in total. The van der Waals surface area contributed by atoms with Crippen molar-refractivity contribution in [3.8, 4) is 0 Å². The Bertz CT molecular complexity index is 962. The van der Waals surface area contributed by atoms with Crippen LogP contribution in [0.3, 0.4) is 0 Å². The molecule has 2 aromatic rings. The molecule has 146 valence electrons. The Morgan fingerprint density at radius 3 is 2.57 bits per heavy atom. The molecule has 3 heterocycles. The number of amides is 2. The molecule has 0 aliphatic carbocycles. The number of anilines is 2. The standard InChI is InChI=1S/C20H23N5O3/c1-22-19(27)12-16(13-21-22)23-8-10-24(11-9-23)20(28)14-25-17-5-3-2-4-15(17)6-7-18(25)26/h2-5,12-13H,6-11,14H2,1H3. The maximum atomic E-state index is 12.8. The molecule has 8 nitrogen and oxygen atoms in total. The number of rotatable bonds is 3. The van der Waals surface area contributed by atoms with Gasteiger partial charge in [-0.25, -0.2) is 4.68 Å². The van der Waals surface area contributed by atoms with E-state index in [-0.39, 0.29) is 23.9 Å². The Morgan fingerprint density at radius 2 is 1.82 bits per heavy atom. The van der Waals surface area contributed by atoms with E-state index in [2.05, 4.69) is 10.00 Å². The summed E-state index contributed by atoms with van der Waals surface area (Å²) in [6.07, 6.45) is 2.83. The van der Waals surface area contributed by atoms with Crippen LogP contribution in [0.2, 0.25) is 0 Å². The summed E-state index contributed by atoms with van der Waals surface area (Å²) >= 11 is 0. The molecule has 1 aromatic heterocycles. The molecule has 0 unspecified atom stereocenters. The third kappa shape index (κ3) is 3.49. The van der Waals surface area contributed by atoms with Gasteiger partial charge in [-0.1, -0.05) is 18.2 Å².